The molecule has 1 unspecified atom stereocenters. The van der Waals surface area contributed by atoms with Crippen LogP contribution >= 0.6 is 11.8 Å². The Kier molecular flexibility index (Phi) is 10.3. The molecule has 0 bridgehead atoms. The number of carboxylic acid groups (broad SMARTS) is 3. The molecule has 7 rings (SSSR count). The van der Waals surface area contributed by atoms with Gasteiger partial charge in [-0.3, -0.25) is 29.0 Å². The SMILES string of the molecule is O=C(O)C1=C(CN2CCN(c3cc4c(cc3F)c(=O)c(C(=O)O)cn4C3CC3)CC2)CS[C@H]2[C@@H](NC(=O)C(C(=O)O)c3ccccc3)C(=O)N12.[NaH]. The molecule has 3 atom stereocenters. The normalized spacial score (nSPS) is 21.0. The first-order valence-electron chi connectivity index (χ1n) is 16.0. The number of nitrogens with zero attached hydrogens (tertiary/aromatic N) is 4. The number of β-lactam (4-membered cyclic amide) rings is 1. The van der Waals surface area contributed by atoms with Gasteiger partial charge in [-0.15, -0.1) is 11.8 Å². The number of piperazine rings is 1. The molecule has 2 aromatic carbocycles. The molecule has 4 heterocycles. The molecule has 2 saturated heterocycles. The number of aromatic carboxylic acids is 1. The van der Waals surface area contributed by atoms with Crippen molar-refractivity contribution in [1.29, 1.82) is 0 Å². The predicted molar refractivity (Wildman–Crippen MR) is 186 cm³/mol. The van der Waals surface area contributed by atoms with Gasteiger partial charge in [0.25, 0.3) is 5.91 Å². The molecule has 1 saturated carbocycles. The number of aliphatic carboxylic acids is 2. The number of hydrogen-bond acceptors (Lipinski definition) is 9. The van der Waals surface area contributed by atoms with E-state index in [0.29, 0.717) is 37.3 Å². The van der Waals surface area contributed by atoms with Crippen LogP contribution in [0.5, 0.6) is 0 Å². The number of halogens is 1. The summed E-state index contributed by atoms with van der Waals surface area (Å²) in [5.74, 6) is -7.45. The number of aromatic nitrogens is 1. The van der Waals surface area contributed by atoms with Crippen LogP contribution in [-0.2, 0) is 19.2 Å². The van der Waals surface area contributed by atoms with Crippen LogP contribution in [0.25, 0.3) is 10.9 Å². The summed E-state index contributed by atoms with van der Waals surface area (Å²) in [6, 6.07) is 9.56. The van der Waals surface area contributed by atoms with E-state index in [2.05, 4.69) is 5.32 Å². The first kappa shape index (κ1) is 36.6. The molecular formula is C34H33FN5NaO9S. The minimum atomic E-state index is -1.54. The van der Waals surface area contributed by atoms with Gasteiger partial charge in [-0.05, 0) is 36.1 Å². The quantitative estimate of drug-likeness (QED) is 0.133. The van der Waals surface area contributed by atoms with Crippen LogP contribution in [0.2, 0.25) is 0 Å². The van der Waals surface area contributed by atoms with Crippen molar-refractivity contribution in [3.05, 3.63) is 87.1 Å². The number of carbonyl (C=O) groups excluding carboxylic acids is 2. The van der Waals surface area contributed by atoms with Crippen molar-refractivity contribution in [1.82, 2.24) is 19.7 Å². The fourth-order valence-electron chi connectivity index (χ4n) is 6.92. The minimum absolute atomic E-state index is 0. The Morgan fingerprint density at radius 3 is 2.25 bits per heavy atom. The van der Waals surface area contributed by atoms with E-state index >= 15 is 4.39 Å². The van der Waals surface area contributed by atoms with Gasteiger partial charge in [-0.2, -0.15) is 0 Å². The molecule has 1 aromatic heterocycles. The number of benzene rings is 2. The van der Waals surface area contributed by atoms with Crippen LogP contribution in [0.4, 0.5) is 10.1 Å². The summed E-state index contributed by atoms with van der Waals surface area (Å²) < 4.78 is 17.2. The molecule has 17 heteroatoms. The number of fused-ring (bicyclic) bond motifs is 2. The average molecular weight is 730 g/mol. The summed E-state index contributed by atoms with van der Waals surface area (Å²) >= 11 is 1.28. The second kappa shape index (κ2) is 14.4. The Balaban J connectivity index is 0.00000448. The van der Waals surface area contributed by atoms with E-state index in [9.17, 15) is 44.1 Å². The van der Waals surface area contributed by atoms with Crippen molar-refractivity contribution in [3.63, 3.8) is 0 Å². The van der Waals surface area contributed by atoms with E-state index in [4.69, 9.17) is 0 Å². The van der Waals surface area contributed by atoms with E-state index in [0.717, 1.165) is 23.8 Å². The van der Waals surface area contributed by atoms with E-state index in [1.54, 1.807) is 28.8 Å². The van der Waals surface area contributed by atoms with Crippen molar-refractivity contribution in [2.75, 3.05) is 43.4 Å². The van der Waals surface area contributed by atoms with Crippen LogP contribution in [0.15, 0.2) is 64.7 Å². The number of thioether (sulfide) groups is 1. The maximum atomic E-state index is 15.5. The molecule has 1 aliphatic carbocycles. The molecule has 14 nitrogen and oxygen atoms in total. The number of hydrogen-bond donors (Lipinski definition) is 4. The topological polar surface area (TPSA) is 190 Å². The Hall–Kier alpha value is -4.22. The number of rotatable bonds is 10. The summed E-state index contributed by atoms with van der Waals surface area (Å²) in [6.07, 6.45) is 2.99. The summed E-state index contributed by atoms with van der Waals surface area (Å²) in [5, 5.41) is 31.2. The fraction of sp³-hybridized carbons (Fsp3) is 0.353. The molecule has 262 valence electrons. The Labute approximate surface area is 316 Å². The molecule has 0 radical (unpaired) electrons. The van der Waals surface area contributed by atoms with Gasteiger partial charge in [0.15, 0.2) is 5.92 Å². The van der Waals surface area contributed by atoms with Gasteiger partial charge in [0, 0.05) is 56.1 Å². The maximum absolute atomic E-state index is 15.5. The number of anilines is 1. The molecule has 3 aromatic rings. The van der Waals surface area contributed by atoms with Crippen LogP contribution in [0.1, 0.15) is 40.7 Å². The summed E-state index contributed by atoms with van der Waals surface area (Å²) in [4.78, 5) is 80.1. The van der Waals surface area contributed by atoms with E-state index in [1.165, 1.54) is 30.1 Å². The third-order valence-corrected chi connectivity index (χ3v) is 10.9. The number of nitrogens with one attached hydrogen (secondary N) is 1. The zero-order valence-electron chi connectivity index (χ0n) is 26.5. The second-order valence-electron chi connectivity index (χ2n) is 12.7. The predicted octanol–water partition coefficient (Wildman–Crippen LogP) is 1.25. The van der Waals surface area contributed by atoms with E-state index in [1.807, 2.05) is 9.80 Å². The number of carboxylic acids is 3. The van der Waals surface area contributed by atoms with Crippen molar-refractivity contribution >= 4 is 87.6 Å². The summed E-state index contributed by atoms with van der Waals surface area (Å²) in [6.45, 7) is 1.90. The number of carbonyl (C=O) groups is 5. The second-order valence-corrected chi connectivity index (χ2v) is 13.8. The Morgan fingerprint density at radius 1 is 0.961 bits per heavy atom. The van der Waals surface area contributed by atoms with Gasteiger partial charge in [0.05, 0.1) is 11.2 Å². The molecule has 4 N–H and O–H groups in total. The van der Waals surface area contributed by atoms with Crippen LogP contribution < -0.4 is 15.6 Å². The molecule has 51 heavy (non-hydrogen) atoms. The van der Waals surface area contributed by atoms with Crippen molar-refractivity contribution in [2.45, 2.75) is 36.2 Å². The van der Waals surface area contributed by atoms with Gasteiger partial charge in [-0.25, -0.2) is 14.0 Å². The molecule has 3 fully saturated rings. The third-order valence-electron chi connectivity index (χ3n) is 9.59. The van der Waals surface area contributed by atoms with Crippen LogP contribution in [-0.4, -0.2) is 139 Å². The zero-order valence-corrected chi connectivity index (χ0v) is 27.3. The van der Waals surface area contributed by atoms with Gasteiger partial charge in [0.2, 0.25) is 11.3 Å². The molecule has 0 spiro atoms. The van der Waals surface area contributed by atoms with Gasteiger partial charge < -0.3 is 30.1 Å². The number of pyridine rings is 1. The van der Waals surface area contributed by atoms with Crippen molar-refractivity contribution in [3.8, 4) is 0 Å². The van der Waals surface area contributed by atoms with Gasteiger partial charge in [-0.1, -0.05) is 30.3 Å². The van der Waals surface area contributed by atoms with E-state index < -0.39 is 63.9 Å². The summed E-state index contributed by atoms with van der Waals surface area (Å²) in [7, 11) is 0. The standard InChI is InChI=1S/C34H32FN5O9S.Na.H/c35-22-12-20-23(39(19-6-7-19)15-21(28(20)41)32(44)45)13-24(22)38-10-8-37(9-11-38)14-18-16-50-31-26(30(43)40(31)27(18)34(48)49)36-29(42)25(33(46)47)17-4-2-1-3-5-17;;/h1-5,12-13,15,19,25-26,31H,6-11,14,16H2,(H,36,42)(H,44,45)(H,46,47)(H,48,49);;/t25?,26-,31-;;/m0../s1. The fourth-order valence-corrected chi connectivity index (χ4v) is 8.25. The van der Waals surface area contributed by atoms with Gasteiger partial charge >= 0.3 is 47.5 Å². The molecule has 2 amide bonds. The molecule has 4 aliphatic rings. The first-order chi connectivity index (χ1) is 23.9. The zero-order chi connectivity index (χ0) is 35.4. The number of amides is 2. The molecular weight excluding hydrogens is 696 g/mol. The Bertz CT molecular complexity index is 2050. The Morgan fingerprint density at radius 2 is 1.65 bits per heavy atom. The monoisotopic (exact) mass is 729 g/mol. The van der Waals surface area contributed by atoms with Crippen LogP contribution in [0, 0.1) is 5.82 Å². The van der Waals surface area contributed by atoms with Crippen molar-refractivity contribution in [2.24, 2.45) is 0 Å². The van der Waals surface area contributed by atoms with E-state index in [-0.39, 0.29) is 70.2 Å². The third kappa shape index (κ3) is 6.78. The van der Waals surface area contributed by atoms with Gasteiger partial charge in [0.1, 0.15) is 28.5 Å². The van der Waals surface area contributed by atoms with Crippen molar-refractivity contribution < 1.29 is 43.7 Å². The average Bonchev–Trinajstić information content (AvgIpc) is 3.93. The summed E-state index contributed by atoms with van der Waals surface area (Å²) in [5.41, 5.74) is 0.220. The van der Waals surface area contributed by atoms with Crippen LogP contribution in [0.3, 0.4) is 0 Å². The first-order valence-corrected chi connectivity index (χ1v) is 17.1. The molecule has 3 aliphatic heterocycles.